The van der Waals surface area contributed by atoms with E-state index in [1.54, 1.807) is 7.11 Å². The van der Waals surface area contributed by atoms with Crippen molar-refractivity contribution in [2.75, 3.05) is 38.6 Å². The third-order valence-corrected chi connectivity index (χ3v) is 5.75. The average Bonchev–Trinajstić information content (AvgIpc) is 2.75. The van der Waals surface area contributed by atoms with Crippen LogP contribution in [0.3, 0.4) is 0 Å². The molecule has 0 fully saturated rings. The molecule has 0 unspecified atom stereocenters. The molecule has 0 bridgehead atoms. The Balaban J connectivity index is 1.77. The van der Waals surface area contributed by atoms with Gasteiger partial charge in [0.25, 0.3) is 0 Å². The van der Waals surface area contributed by atoms with Gasteiger partial charge in [0.05, 0.1) is 23.8 Å². The molecule has 0 radical (unpaired) electrons. The van der Waals surface area contributed by atoms with Crippen molar-refractivity contribution in [2.24, 2.45) is 0 Å². The van der Waals surface area contributed by atoms with E-state index < -0.39 is 0 Å². The van der Waals surface area contributed by atoms with Gasteiger partial charge in [-0.3, -0.25) is 0 Å². The molecule has 0 saturated heterocycles. The molecule has 0 aliphatic heterocycles. The molecule has 30 heavy (non-hydrogen) atoms. The zero-order valence-electron chi connectivity index (χ0n) is 18.5. The normalized spacial score (nSPS) is 11.5. The summed E-state index contributed by atoms with van der Waals surface area (Å²) in [6.45, 7) is 8.96. The second kappa shape index (κ2) is 11.4. The van der Waals surface area contributed by atoms with Gasteiger partial charge in [0, 0.05) is 22.3 Å². The van der Waals surface area contributed by atoms with E-state index in [1.807, 2.05) is 24.3 Å². The molecular weight excluding hydrogens is 394 g/mol. The smallest absolute Gasteiger partial charge is 0.119 e. The van der Waals surface area contributed by atoms with Crippen LogP contribution < -0.4 is 10.1 Å². The van der Waals surface area contributed by atoms with Crippen LogP contribution in [0.4, 0.5) is 5.69 Å². The number of ether oxygens (including phenoxy) is 1. The van der Waals surface area contributed by atoms with Crippen LogP contribution in [-0.4, -0.2) is 43.2 Å². The van der Waals surface area contributed by atoms with E-state index in [0.717, 1.165) is 52.8 Å². The van der Waals surface area contributed by atoms with Gasteiger partial charge in [-0.15, -0.1) is 0 Å². The number of halogens is 1. The summed E-state index contributed by atoms with van der Waals surface area (Å²) in [6, 6.07) is 11.9. The minimum absolute atomic E-state index is 0.705. The molecule has 5 heteroatoms. The molecule has 0 aliphatic carbocycles. The molecule has 0 amide bonds. The first kappa shape index (κ1) is 22.6. The Morgan fingerprint density at radius 3 is 2.50 bits per heavy atom. The van der Waals surface area contributed by atoms with Crippen LogP contribution in [0.25, 0.3) is 21.8 Å². The highest BCUT2D eigenvalue weighted by molar-refractivity contribution is 6.31. The molecule has 1 aromatic heterocycles. The molecule has 0 saturated carbocycles. The van der Waals surface area contributed by atoms with Gasteiger partial charge in [-0.1, -0.05) is 38.3 Å². The number of aromatic nitrogens is 1. The molecule has 1 heterocycles. The third-order valence-electron chi connectivity index (χ3n) is 5.51. The summed E-state index contributed by atoms with van der Waals surface area (Å²) in [4.78, 5) is 7.41. The van der Waals surface area contributed by atoms with E-state index in [4.69, 9.17) is 21.3 Å². The van der Waals surface area contributed by atoms with Crippen LogP contribution in [0.2, 0.25) is 5.02 Å². The molecule has 3 aromatic rings. The van der Waals surface area contributed by atoms with Gasteiger partial charge in [-0.2, -0.15) is 0 Å². The lowest BCUT2D eigenvalue weighted by molar-refractivity contribution is 0.267. The summed E-state index contributed by atoms with van der Waals surface area (Å²) < 4.78 is 5.46. The monoisotopic (exact) mass is 427 g/mol. The van der Waals surface area contributed by atoms with Gasteiger partial charge in [0.2, 0.25) is 0 Å². The summed E-state index contributed by atoms with van der Waals surface area (Å²) >= 11 is 6.23. The van der Waals surface area contributed by atoms with E-state index in [2.05, 4.69) is 36.2 Å². The van der Waals surface area contributed by atoms with Gasteiger partial charge in [0.1, 0.15) is 5.75 Å². The summed E-state index contributed by atoms with van der Waals surface area (Å²) in [5.74, 6) is 0.839. The topological polar surface area (TPSA) is 37.4 Å². The van der Waals surface area contributed by atoms with Crippen LogP contribution in [0.15, 0.2) is 36.4 Å². The maximum absolute atomic E-state index is 6.23. The summed E-state index contributed by atoms with van der Waals surface area (Å²) in [5.41, 5.74) is 2.97. The average molecular weight is 428 g/mol. The third kappa shape index (κ3) is 5.77. The number of hydrogen-bond acceptors (Lipinski definition) is 4. The quantitative estimate of drug-likeness (QED) is 0.256. The van der Waals surface area contributed by atoms with E-state index in [-0.39, 0.29) is 0 Å². The fourth-order valence-corrected chi connectivity index (χ4v) is 4.13. The Kier molecular flexibility index (Phi) is 8.59. The molecule has 2 aromatic carbocycles. The second-order valence-electron chi connectivity index (χ2n) is 7.86. The maximum Gasteiger partial charge on any atom is 0.119 e. The lowest BCUT2D eigenvalue weighted by atomic mass is 10.1. The number of nitrogens with zero attached hydrogens (tertiary/aromatic N) is 2. The Labute approximate surface area is 185 Å². The van der Waals surface area contributed by atoms with E-state index >= 15 is 0 Å². The summed E-state index contributed by atoms with van der Waals surface area (Å²) in [7, 11) is 1.70. The first-order valence-electron chi connectivity index (χ1n) is 11.2. The number of fused-ring (bicyclic) bond motifs is 2. The number of benzene rings is 2. The highest BCUT2D eigenvalue weighted by Gasteiger charge is 2.11. The van der Waals surface area contributed by atoms with Crippen molar-refractivity contribution in [3.8, 4) is 5.75 Å². The molecule has 162 valence electrons. The lowest BCUT2D eigenvalue weighted by Gasteiger charge is -2.22. The number of methoxy groups -OCH3 is 1. The molecule has 4 nitrogen and oxygen atoms in total. The Hall–Kier alpha value is -2.04. The molecule has 3 rings (SSSR count). The highest BCUT2D eigenvalue weighted by atomic mass is 35.5. The van der Waals surface area contributed by atoms with Crippen molar-refractivity contribution in [2.45, 2.75) is 46.0 Å². The van der Waals surface area contributed by atoms with Gasteiger partial charge in [-0.25, -0.2) is 4.98 Å². The summed E-state index contributed by atoms with van der Waals surface area (Å²) in [5, 5.41) is 6.58. The van der Waals surface area contributed by atoms with Crippen molar-refractivity contribution in [3.63, 3.8) is 0 Å². The first-order chi connectivity index (χ1) is 14.7. The van der Waals surface area contributed by atoms with Crippen molar-refractivity contribution < 1.29 is 4.74 Å². The largest absolute Gasteiger partial charge is 0.497 e. The standard InChI is InChI=1S/C25H34ClN3O/c1-4-6-7-15-29(14-5-2)16-8-13-27-25-21-11-9-19(26)17-24(21)28-23-12-10-20(30-3)18-22(23)25/h9-12,17-18H,4-8,13-16H2,1-3H3,(H,27,28). The zero-order valence-corrected chi connectivity index (χ0v) is 19.3. The Morgan fingerprint density at radius 1 is 0.900 bits per heavy atom. The van der Waals surface area contributed by atoms with Crippen LogP contribution in [-0.2, 0) is 0 Å². The lowest BCUT2D eigenvalue weighted by Crippen LogP contribution is -2.28. The SMILES string of the molecule is CCCCCN(CCC)CCCNc1c2ccc(Cl)cc2nc2ccc(OC)cc12. The van der Waals surface area contributed by atoms with Gasteiger partial charge >= 0.3 is 0 Å². The highest BCUT2D eigenvalue weighted by Crippen LogP contribution is 2.34. The van der Waals surface area contributed by atoms with Crippen LogP contribution >= 0.6 is 11.6 Å². The fraction of sp³-hybridized carbons (Fsp3) is 0.480. The number of anilines is 1. The van der Waals surface area contributed by atoms with E-state index in [1.165, 1.54) is 38.8 Å². The number of hydrogen-bond donors (Lipinski definition) is 1. The molecule has 0 aliphatic rings. The van der Waals surface area contributed by atoms with Gasteiger partial charge in [-0.05, 0) is 75.3 Å². The van der Waals surface area contributed by atoms with Crippen LogP contribution in [0, 0.1) is 0 Å². The van der Waals surface area contributed by atoms with E-state index in [0.29, 0.717) is 5.02 Å². The molecule has 0 spiro atoms. The van der Waals surface area contributed by atoms with Crippen molar-refractivity contribution >= 4 is 39.1 Å². The molecule has 0 atom stereocenters. The molecular formula is C25H34ClN3O. The fourth-order valence-electron chi connectivity index (χ4n) is 3.97. The minimum Gasteiger partial charge on any atom is -0.497 e. The zero-order chi connectivity index (χ0) is 21.3. The summed E-state index contributed by atoms with van der Waals surface area (Å²) in [6.07, 6.45) is 6.20. The predicted molar refractivity (Wildman–Crippen MR) is 130 cm³/mol. The van der Waals surface area contributed by atoms with Gasteiger partial charge in [0.15, 0.2) is 0 Å². The second-order valence-corrected chi connectivity index (χ2v) is 8.30. The number of unbranched alkanes of at least 4 members (excludes halogenated alkanes) is 2. The maximum atomic E-state index is 6.23. The number of rotatable bonds is 12. The van der Waals surface area contributed by atoms with E-state index in [9.17, 15) is 0 Å². The van der Waals surface area contributed by atoms with Crippen molar-refractivity contribution in [1.29, 1.82) is 0 Å². The molecule has 1 N–H and O–H groups in total. The van der Waals surface area contributed by atoms with Crippen molar-refractivity contribution in [3.05, 3.63) is 41.4 Å². The Morgan fingerprint density at radius 2 is 1.73 bits per heavy atom. The Bertz CT molecular complexity index is 960. The van der Waals surface area contributed by atoms with Crippen LogP contribution in [0.1, 0.15) is 46.0 Å². The van der Waals surface area contributed by atoms with Crippen LogP contribution in [0.5, 0.6) is 5.75 Å². The predicted octanol–water partition coefficient (Wildman–Crippen LogP) is 6.75. The van der Waals surface area contributed by atoms with Crippen molar-refractivity contribution in [1.82, 2.24) is 9.88 Å². The van der Waals surface area contributed by atoms with Gasteiger partial charge < -0.3 is 15.0 Å². The first-order valence-corrected chi connectivity index (χ1v) is 11.6. The minimum atomic E-state index is 0.705. The number of pyridine rings is 1. The number of nitrogens with one attached hydrogen (secondary N) is 1.